The van der Waals surface area contributed by atoms with Crippen LogP contribution in [-0.2, 0) is 14.3 Å². The summed E-state index contributed by atoms with van der Waals surface area (Å²) in [5.74, 6) is -0.327. The molecule has 0 fully saturated rings. The number of carbonyl (C=O) groups excluding carboxylic acids is 2. The Hall–Kier alpha value is -3.08. The molecule has 0 saturated carbocycles. The fourth-order valence-corrected chi connectivity index (χ4v) is 2.87. The third kappa shape index (κ3) is 2.89. The first kappa shape index (κ1) is 16.8. The van der Waals surface area contributed by atoms with E-state index in [0.29, 0.717) is 11.5 Å². The molecule has 1 amide bonds. The van der Waals surface area contributed by atoms with Gasteiger partial charge in [-0.1, -0.05) is 6.07 Å². The molecule has 3 rings (SSSR count). The van der Waals surface area contributed by atoms with Gasteiger partial charge in [0.15, 0.2) is 0 Å². The molecule has 0 aliphatic carbocycles. The van der Waals surface area contributed by atoms with Crippen LogP contribution in [0, 0.1) is 13.8 Å². The van der Waals surface area contributed by atoms with Crippen molar-refractivity contribution in [1.82, 2.24) is 0 Å². The van der Waals surface area contributed by atoms with Gasteiger partial charge in [0.2, 0.25) is 0 Å². The summed E-state index contributed by atoms with van der Waals surface area (Å²) in [6.07, 6.45) is 3.08. The van der Waals surface area contributed by atoms with Crippen LogP contribution in [-0.4, -0.2) is 19.0 Å². The number of carbonyl (C=O) groups is 2. The summed E-state index contributed by atoms with van der Waals surface area (Å²) in [6.45, 7) is 5.73. The number of benzene rings is 1. The average Bonchev–Trinajstić information content (AvgIpc) is 3.17. The number of methoxy groups -OCH3 is 1. The first-order valence-electron chi connectivity index (χ1n) is 7.90. The van der Waals surface area contributed by atoms with E-state index in [1.165, 1.54) is 18.3 Å². The normalized spacial score (nSPS) is 16.1. The molecule has 5 nitrogen and oxygen atoms in total. The van der Waals surface area contributed by atoms with Crippen LogP contribution in [0.15, 0.2) is 57.9 Å². The van der Waals surface area contributed by atoms with Crippen LogP contribution in [0.4, 0.5) is 5.69 Å². The summed E-state index contributed by atoms with van der Waals surface area (Å²) >= 11 is 0. The molecule has 5 heteroatoms. The van der Waals surface area contributed by atoms with Gasteiger partial charge in [0.05, 0.1) is 24.5 Å². The number of ether oxygens (including phenoxy) is 1. The number of hydrogen-bond donors (Lipinski definition) is 0. The molecule has 128 valence electrons. The summed E-state index contributed by atoms with van der Waals surface area (Å²) in [5.41, 5.74) is 3.98. The Balaban J connectivity index is 2.15. The number of amides is 1. The lowest BCUT2D eigenvalue weighted by Crippen LogP contribution is -2.24. The summed E-state index contributed by atoms with van der Waals surface area (Å²) in [6, 6.07) is 9.21. The van der Waals surface area contributed by atoms with Crippen molar-refractivity contribution in [2.75, 3.05) is 12.0 Å². The number of anilines is 1. The van der Waals surface area contributed by atoms with Gasteiger partial charge in [0, 0.05) is 11.4 Å². The van der Waals surface area contributed by atoms with Crippen molar-refractivity contribution in [1.29, 1.82) is 0 Å². The van der Waals surface area contributed by atoms with E-state index in [9.17, 15) is 9.59 Å². The van der Waals surface area contributed by atoms with E-state index < -0.39 is 5.97 Å². The van der Waals surface area contributed by atoms with Crippen LogP contribution >= 0.6 is 0 Å². The van der Waals surface area contributed by atoms with E-state index in [1.807, 2.05) is 32.0 Å². The zero-order chi connectivity index (χ0) is 18.1. The zero-order valence-corrected chi connectivity index (χ0v) is 14.6. The number of esters is 1. The molecule has 0 spiro atoms. The second-order valence-corrected chi connectivity index (χ2v) is 5.93. The van der Waals surface area contributed by atoms with Crippen LogP contribution in [0.1, 0.15) is 23.8 Å². The summed E-state index contributed by atoms with van der Waals surface area (Å²) in [4.78, 5) is 26.8. The highest BCUT2D eigenvalue weighted by Gasteiger charge is 2.38. The van der Waals surface area contributed by atoms with Crippen molar-refractivity contribution in [3.63, 3.8) is 0 Å². The van der Waals surface area contributed by atoms with Crippen molar-refractivity contribution >= 4 is 23.6 Å². The molecule has 0 saturated heterocycles. The predicted molar refractivity (Wildman–Crippen MR) is 94.8 cm³/mol. The number of rotatable bonds is 3. The van der Waals surface area contributed by atoms with Crippen LogP contribution < -0.4 is 4.90 Å². The molecule has 2 heterocycles. The Bertz CT molecular complexity index is 904. The van der Waals surface area contributed by atoms with Gasteiger partial charge in [-0.15, -0.1) is 0 Å². The standard InChI is InChI=1S/C20H19NO4/c1-12-7-8-15(10-13(12)2)21-14(3)18(20(23)24-4)17(19(21)22)11-16-6-5-9-25-16/h5-11H,1-4H3/b17-11-. The zero-order valence-electron chi connectivity index (χ0n) is 14.6. The minimum Gasteiger partial charge on any atom is -0.465 e. The van der Waals surface area contributed by atoms with Gasteiger partial charge in [-0.05, 0) is 62.2 Å². The molecule has 2 aromatic rings. The third-order valence-electron chi connectivity index (χ3n) is 4.37. The van der Waals surface area contributed by atoms with Crippen LogP contribution in [0.25, 0.3) is 6.08 Å². The first-order chi connectivity index (χ1) is 11.9. The Morgan fingerprint density at radius 3 is 2.52 bits per heavy atom. The highest BCUT2D eigenvalue weighted by atomic mass is 16.5. The second-order valence-electron chi connectivity index (χ2n) is 5.93. The monoisotopic (exact) mass is 337 g/mol. The van der Waals surface area contributed by atoms with Crippen LogP contribution in [0.2, 0.25) is 0 Å². The molecule has 1 aliphatic heterocycles. The molecule has 25 heavy (non-hydrogen) atoms. The molecular formula is C20H19NO4. The van der Waals surface area contributed by atoms with Gasteiger partial charge in [-0.2, -0.15) is 0 Å². The molecular weight excluding hydrogens is 318 g/mol. The van der Waals surface area contributed by atoms with Gasteiger partial charge in [0.1, 0.15) is 5.76 Å². The van der Waals surface area contributed by atoms with E-state index in [1.54, 1.807) is 25.1 Å². The van der Waals surface area contributed by atoms with Gasteiger partial charge in [0.25, 0.3) is 5.91 Å². The van der Waals surface area contributed by atoms with E-state index in [-0.39, 0.29) is 17.1 Å². The minimum atomic E-state index is -0.546. The molecule has 1 aliphatic rings. The maximum absolute atomic E-state index is 13.0. The van der Waals surface area contributed by atoms with Gasteiger partial charge in [-0.25, -0.2) is 4.79 Å². The van der Waals surface area contributed by atoms with Crippen molar-refractivity contribution in [3.05, 3.63) is 70.3 Å². The summed E-state index contributed by atoms with van der Waals surface area (Å²) in [5, 5.41) is 0. The average molecular weight is 337 g/mol. The lowest BCUT2D eigenvalue weighted by Gasteiger charge is -2.19. The highest BCUT2D eigenvalue weighted by Crippen LogP contribution is 2.36. The molecule has 1 aromatic carbocycles. The summed E-state index contributed by atoms with van der Waals surface area (Å²) in [7, 11) is 1.30. The highest BCUT2D eigenvalue weighted by molar-refractivity contribution is 6.23. The van der Waals surface area contributed by atoms with E-state index in [4.69, 9.17) is 9.15 Å². The van der Waals surface area contributed by atoms with Gasteiger partial charge in [-0.3, -0.25) is 9.69 Å². The number of hydrogen-bond acceptors (Lipinski definition) is 4. The Labute approximate surface area is 146 Å². The van der Waals surface area contributed by atoms with E-state index >= 15 is 0 Å². The maximum atomic E-state index is 13.0. The molecule has 1 aromatic heterocycles. The Kier molecular flexibility index (Phi) is 4.31. The Morgan fingerprint density at radius 1 is 1.16 bits per heavy atom. The molecule has 0 radical (unpaired) electrons. The van der Waals surface area contributed by atoms with Crippen LogP contribution in [0.5, 0.6) is 0 Å². The smallest absolute Gasteiger partial charge is 0.340 e. The SMILES string of the molecule is COC(=O)C1=C(C)N(c2ccc(C)c(C)c2)C(=O)/C1=C\c1ccco1. The van der Waals surface area contributed by atoms with Crippen molar-refractivity contribution in [2.24, 2.45) is 0 Å². The lowest BCUT2D eigenvalue weighted by molar-refractivity contribution is -0.136. The van der Waals surface area contributed by atoms with Crippen LogP contribution in [0.3, 0.4) is 0 Å². The fraction of sp³-hybridized carbons (Fsp3) is 0.200. The van der Waals surface area contributed by atoms with Crippen molar-refractivity contribution in [3.8, 4) is 0 Å². The molecule has 0 atom stereocenters. The lowest BCUT2D eigenvalue weighted by atomic mass is 10.1. The van der Waals surface area contributed by atoms with Crippen molar-refractivity contribution < 1.29 is 18.7 Å². The molecule has 0 N–H and O–H groups in total. The minimum absolute atomic E-state index is 0.252. The quantitative estimate of drug-likeness (QED) is 0.632. The number of nitrogens with zero attached hydrogens (tertiary/aromatic N) is 1. The third-order valence-corrected chi connectivity index (χ3v) is 4.37. The van der Waals surface area contributed by atoms with Gasteiger partial charge >= 0.3 is 5.97 Å². The largest absolute Gasteiger partial charge is 0.465 e. The molecule has 0 unspecified atom stereocenters. The fourth-order valence-electron chi connectivity index (χ4n) is 2.87. The number of aryl methyl sites for hydroxylation is 2. The molecule has 0 bridgehead atoms. The predicted octanol–water partition coefficient (Wildman–Crippen LogP) is 3.77. The van der Waals surface area contributed by atoms with Gasteiger partial charge < -0.3 is 9.15 Å². The second kappa shape index (κ2) is 6.43. The number of allylic oxidation sites excluding steroid dienone is 1. The summed E-state index contributed by atoms with van der Waals surface area (Å²) < 4.78 is 10.2. The van der Waals surface area contributed by atoms with Crippen molar-refractivity contribution in [2.45, 2.75) is 20.8 Å². The van der Waals surface area contributed by atoms with E-state index in [2.05, 4.69) is 0 Å². The number of furan rings is 1. The topological polar surface area (TPSA) is 59.8 Å². The van der Waals surface area contributed by atoms with E-state index in [0.717, 1.165) is 16.8 Å². The first-order valence-corrected chi connectivity index (χ1v) is 7.90. The Morgan fingerprint density at radius 2 is 1.92 bits per heavy atom. The maximum Gasteiger partial charge on any atom is 0.340 e.